The van der Waals surface area contributed by atoms with E-state index in [1.165, 1.54) is 0 Å². The van der Waals surface area contributed by atoms with Crippen LogP contribution in [-0.2, 0) is 0 Å². The zero-order valence-electron chi connectivity index (χ0n) is 10.0. The summed E-state index contributed by atoms with van der Waals surface area (Å²) in [6.07, 6.45) is 9.74. The molecule has 1 atom stereocenters. The van der Waals surface area contributed by atoms with Crippen molar-refractivity contribution in [3.8, 4) is 0 Å². The van der Waals surface area contributed by atoms with Crippen molar-refractivity contribution in [1.82, 2.24) is 4.98 Å². The number of allylic oxidation sites excluding steroid dienone is 2. The van der Waals surface area contributed by atoms with E-state index in [1.54, 1.807) is 0 Å². The molecule has 92 valence electrons. The minimum atomic E-state index is 0.443. The first kappa shape index (κ1) is 11.0. The van der Waals surface area contributed by atoms with E-state index in [9.17, 15) is 0 Å². The van der Waals surface area contributed by atoms with Gasteiger partial charge in [-0.2, -0.15) is 10.1 Å². The number of fused-ring (bicyclic) bond motifs is 1. The first-order valence-corrected chi connectivity index (χ1v) is 6.21. The maximum atomic E-state index is 5.51. The summed E-state index contributed by atoms with van der Waals surface area (Å²) in [7, 11) is 0. The number of aromatic nitrogens is 1. The van der Waals surface area contributed by atoms with Gasteiger partial charge >= 0.3 is 6.01 Å². The molecule has 0 unspecified atom stereocenters. The molecule has 0 amide bonds. The molecular weight excluding hydrogens is 226 g/mol. The van der Waals surface area contributed by atoms with Crippen LogP contribution in [0.4, 0.5) is 6.01 Å². The molecule has 0 saturated heterocycles. The second-order valence-electron chi connectivity index (χ2n) is 4.42. The smallest absolute Gasteiger partial charge is 0.316 e. The summed E-state index contributed by atoms with van der Waals surface area (Å²) in [6, 6.07) is 8.11. The topological polar surface area (TPSA) is 50.4 Å². The van der Waals surface area contributed by atoms with Gasteiger partial charge in [0.25, 0.3) is 0 Å². The summed E-state index contributed by atoms with van der Waals surface area (Å²) in [6.45, 7) is 0. The SMILES string of the molecule is C1=CC[C@H](/C=N\Nc2nc3ccccc3o2)CC1. The molecule has 1 N–H and O–H groups in total. The molecule has 0 spiro atoms. The molecule has 1 aromatic carbocycles. The zero-order valence-corrected chi connectivity index (χ0v) is 10.0. The molecule has 4 heteroatoms. The highest BCUT2D eigenvalue weighted by atomic mass is 16.4. The lowest BCUT2D eigenvalue weighted by molar-refractivity contribution is 0.612. The second-order valence-corrected chi connectivity index (χ2v) is 4.42. The third kappa shape index (κ3) is 2.42. The van der Waals surface area contributed by atoms with Gasteiger partial charge in [-0.1, -0.05) is 24.3 Å². The summed E-state index contributed by atoms with van der Waals surface area (Å²) in [4.78, 5) is 4.29. The van der Waals surface area contributed by atoms with Crippen LogP contribution in [-0.4, -0.2) is 11.2 Å². The van der Waals surface area contributed by atoms with Gasteiger partial charge in [0.2, 0.25) is 0 Å². The molecule has 1 aromatic heterocycles. The Morgan fingerprint density at radius 3 is 3.11 bits per heavy atom. The third-order valence-corrected chi connectivity index (χ3v) is 3.05. The lowest BCUT2D eigenvalue weighted by Gasteiger charge is -2.11. The summed E-state index contributed by atoms with van der Waals surface area (Å²) in [5.74, 6) is 0.520. The third-order valence-electron chi connectivity index (χ3n) is 3.05. The molecule has 1 heterocycles. The van der Waals surface area contributed by atoms with Crippen molar-refractivity contribution in [2.45, 2.75) is 19.3 Å². The quantitative estimate of drug-likeness (QED) is 0.507. The molecule has 0 saturated carbocycles. The molecule has 1 aliphatic rings. The van der Waals surface area contributed by atoms with Gasteiger partial charge in [-0.25, -0.2) is 5.43 Å². The Labute approximate surface area is 105 Å². The van der Waals surface area contributed by atoms with Crippen molar-refractivity contribution < 1.29 is 4.42 Å². The van der Waals surface area contributed by atoms with E-state index in [0.717, 1.165) is 30.4 Å². The highest BCUT2D eigenvalue weighted by Crippen LogP contribution is 2.19. The summed E-state index contributed by atoms with van der Waals surface area (Å²) in [5, 5.41) is 4.20. The van der Waals surface area contributed by atoms with E-state index >= 15 is 0 Å². The number of rotatable bonds is 3. The van der Waals surface area contributed by atoms with Crippen LogP contribution in [0.3, 0.4) is 0 Å². The van der Waals surface area contributed by atoms with Crippen molar-refractivity contribution >= 4 is 23.3 Å². The first-order chi connectivity index (χ1) is 8.92. The lowest BCUT2D eigenvalue weighted by atomic mass is 9.96. The Hall–Kier alpha value is -2.10. The Bertz CT molecular complexity index is 552. The number of benzene rings is 1. The van der Waals surface area contributed by atoms with Gasteiger partial charge in [0.15, 0.2) is 5.58 Å². The van der Waals surface area contributed by atoms with Gasteiger partial charge in [-0.15, -0.1) is 0 Å². The minimum absolute atomic E-state index is 0.443. The predicted octanol–water partition coefficient (Wildman–Crippen LogP) is 3.58. The van der Waals surface area contributed by atoms with E-state index in [4.69, 9.17) is 4.42 Å². The van der Waals surface area contributed by atoms with Gasteiger partial charge in [0.1, 0.15) is 5.52 Å². The summed E-state index contributed by atoms with van der Waals surface area (Å²) >= 11 is 0. The van der Waals surface area contributed by atoms with Gasteiger partial charge in [0.05, 0.1) is 0 Å². The van der Waals surface area contributed by atoms with Crippen molar-refractivity contribution in [2.24, 2.45) is 11.0 Å². The van der Waals surface area contributed by atoms with Crippen LogP contribution < -0.4 is 5.43 Å². The molecule has 0 aliphatic heterocycles. The van der Waals surface area contributed by atoms with E-state index in [0.29, 0.717) is 11.9 Å². The molecule has 0 bridgehead atoms. The molecule has 4 nitrogen and oxygen atoms in total. The number of para-hydroxylation sites is 2. The molecule has 2 aromatic rings. The number of nitrogens with one attached hydrogen (secondary N) is 1. The van der Waals surface area contributed by atoms with Crippen LogP contribution in [0.15, 0.2) is 45.9 Å². The highest BCUT2D eigenvalue weighted by Gasteiger charge is 2.07. The van der Waals surface area contributed by atoms with Gasteiger partial charge in [-0.05, 0) is 37.3 Å². The van der Waals surface area contributed by atoms with Crippen LogP contribution >= 0.6 is 0 Å². The lowest BCUT2D eigenvalue weighted by Crippen LogP contribution is -2.05. The second kappa shape index (κ2) is 5.04. The van der Waals surface area contributed by atoms with Crippen LogP contribution in [0.1, 0.15) is 19.3 Å². The van der Waals surface area contributed by atoms with Crippen molar-refractivity contribution in [3.63, 3.8) is 0 Å². The summed E-state index contributed by atoms with van der Waals surface area (Å²) < 4.78 is 5.51. The van der Waals surface area contributed by atoms with E-state index < -0.39 is 0 Å². The van der Waals surface area contributed by atoms with E-state index in [1.807, 2.05) is 30.5 Å². The van der Waals surface area contributed by atoms with E-state index in [2.05, 4.69) is 27.7 Å². The Kier molecular flexibility index (Phi) is 3.08. The number of oxazole rings is 1. The van der Waals surface area contributed by atoms with Gasteiger partial charge < -0.3 is 4.42 Å². The largest absolute Gasteiger partial charge is 0.422 e. The van der Waals surface area contributed by atoms with Crippen LogP contribution in [0.2, 0.25) is 0 Å². The van der Waals surface area contributed by atoms with Crippen molar-refractivity contribution in [2.75, 3.05) is 5.43 Å². The van der Waals surface area contributed by atoms with Crippen LogP contribution in [0.5, 0.6) is 0 Å². The van der Waals surface area contributed by atoms with Crippen molar-refractivity contribution in [1.29, 1.82) is 0 Å². The number of hydrazone groups is 1. The number of nitrogens with zero attached hydrogens (tertiary/aromatic N) is 2. The predicted molar refractivity (Wildman–Crippen MR) is 72.6 cm³/mol. The molecule has 1 aliphatic carbocycles. The number of hydrogen-bond acceptors (Lipinski definition) is 4. The average Bonchev–Trinajstić information content (AvgIpc) is 2.82. The summed E-state index contributed by atoms with van der Waals surface area (Å²) in [5.41, 5.74) is 4.47. The maximum Gasteiger partial charge on any atom is 0.316 e. The van der Waals surface area contributed by atoms with E-state index in [-0.39, 0.29) is 0 Å². The molecule has 18 heavy (non-hydrogen) atoms. The Morgan fingerprint density at radius 1 is 1.33 bits per heavy atom. The fourth-order valence-electron chi connectivity index (χ4n) is 2.07. The maximum absolute atomic E-state index is 5.51. The monoisotopic (exact) mass is 241 g/mol. The number of hydrogen-bond donors (Lipinski definition) is 1. The molecule has 0 fully saturated rings. The molecule has 0 radical (unpaired) electrons. The highest BCUT2D eigenvalue weighted by molar-refractivity contribution is 5.74. The molecule has 3 rings (SSSR count). The standard InChI is InChI=1S/C14H15N3O/c1-2-6-11(7-3-1)10-15-17-14-16-12-8-4-5-9-13(12)18-14/h1-2,4-5,8-11H,3,6-7H2,(H,16,17)/b15-10-/t11-/m0/s1. The van der Waals surface area contributed by atoms with Gasteiger partial charge in [0, 0.05) is 6.21 Å². The van der Waals surface area contributed by atoms with Gasteiger partial charge in [-0.3, -0.25) is 0 Å². The first-order valence-electron chi connectivity index (χ1n) is 6.21. The normalized spacial score (nSPS) is 19.7. The van der Waals surface area contributed by atoms with Crippen molar-refractivity contribution in [3.05, 3.63) is 36.4 Å². The average molecular weight is 241 g/mol. The molecular formula is C14H15N3O. The minimum Gasteiger partial charge on any atom is -0.422 e. The fraction of sp³-hybridized carbons (Fsp3) is 0.286. The zero-order chi connectivity index (χ0) is 12.2. The van der Waals surface area contributed by atoms with Crippen LogP contribution in [0, 0.1) is 5.92 Å². The Balaban J connectivity index is 1.65. The fourth-order valence-corrected chi connectivity index (χ4v) is 2.07. The Morgan fingerprint density at radius 2 is 2.28 bits per heavy atom. The van der Waals surface area contributed by atoms with Crippen LogP contribution in [0.25, 0.3) is 11.1 Å². The number of anilines is 1.